The first kappa shape index (κ1) is 16.4. The number of benzene rings is 2. The largest absolute Gasteiger partial charge is 0.493 e. The van der Waals surface area contributed by atoms with Crippen molar-refractivity contribution in [1.29, 1.82) is 0 Å². The molecule has 0 spiro atoms. The zero-order valence-corrected chi connectivity index (χ0v) is 15.0. The quantitative estimate of drug-likeness (QED) is 0.623. The third-order valence-electron chi connectivity index (χ3n) is 3.68. The Kier molecular flexibility index (Phi) is 4.49. The summed E-state index contributed by atoms with van der Waals surface area (Å²) in [6.45, 7) is 0. The molecule has 0 N–H and O–H groups in total. The number of rotatable bonds is 4. The minimum absolute atomic E-state index is 0.412. The van der Waals surface area contributed by atoms with Crippen molar-refractivity contribution in [2.75, 3.05) is 21.3 Å². The zero-order chi connectivity index (χ0) is 17.3. The zero-order valence-electron chi connectivity index (χ0n) is 13.4. The van der Waals surface area contributed by atoms with Gasteiger partial charge in [-0.1, -0.05) is 22.0 Å². The molecule has 6 heteroatoms. The van der Waals surface area contributed by atoms with Gasteiger partial charge in [-0.25, -0.2) is 4.79 Å². The Morgan fingerprint density at radius 3 is 2.25 bits per heavy atom. The third-order valence-corrected chi connectivity index (χ3v) is 4.14. The number of methoxy groups -OCH3 is 3. The summed E-state index contributed by atoms with van der Waals surface area (Å²) < 4.78 is 22.1. The first-order valence-corrected chi connectivity index (χ1v) is 7.90. The molecule has 24 heavy (non-hydrogen) atoms. The molecule has 124 valence electrons. The predicted octanol–water partition coefficient (Wildman–Crippen LogP) is 4.25. The Hall–Kier alpha value is -2.47. The number of halogens is 1. The number of fused-ring (bicyclic) bond motifs is 1. The van der Waals surface area contributed by atoms with Crippen LogP contribution >= 0.6 is 15.9 Å². The number of ether oxygens (including phenoxy) is 3. The highest BCUT2D eigenvalue weighted by molar-refractivity contribution is 9.10. The first-order valence-electron chi connectivity index (χ1n) is 7.11. The summed E-state index contributed by atoms with van der Waals surface area (Å²) in [4.78, 5) is 12.4. The molecule has 0 bridgehead atoms. The summed E-state index contributed by atoms with van der Waals surface area (Å²) in [7, 11) is 4.64. The molecule has 0 aliphatic heterocycles. The highest BCUT2D eigenvalue weighted by Crippen LogP contribution is 2.34. The molecule has 0 radical (unpaired) electrons. The molecule has 0 saturated heterocycles. The highest BCUT2D eigenvalue weighted by Gasteiger charge is 2.14. The molecular weight excluding hydrogens is 376 g/mol. The van der Waals surface area contributed by atoms with E-state index < -0.39 is 5.63 Å². The van der Waals surface area contributed by atoms with Crippen LogP contribution < -0.4 is 19.8 Å². The minimum atomic E-state index is -0.449. The Bertz CT molecular complexity index is 962. The summed E-state index contributed by atoms with van der Waals surface area (Å²) in [5, 5.41) is 0.755. The molecule has 0 saturated carbocycles. The van der Waals surface area contributed by atoms with Crippen molar-refractivity contribution in [1.82, 2.24) is 0 Å². The van der Waals surface area contributed by atoms with Crippen LogP contribution in [0.15, 0.2) is 50.1 Å². The summed E-state index contributed by atoms with van der Waals surface area (Å²) >= 11 is 3.43. The normalized spacial score (nSPS) is 10.7. The molecule has 0 aliphatic rings. The number of hydrogen-bond acceptors (Lipinski definition) is 5. The van der Waals surface area contributed by atoms with E-state index in [0.717, 1.165) is 9.86 Å². The van der Waals surface area contributed by atoms with Gasteiger partial charge in [0, 0.05) is 9.86 Å². The second kappa shape index (κ2) is 6.57. The standard InChI is InChI=1S/C18H15BrO5/c1-21-14-5-4-10(8-15(14)22-2)13-7-11-6-12(19)9-16(23-3)17(11)24-18(13)20/h4-9H,1-3H3. The van der Waals surface area contributed by atoms with Gasteiger partial charge < -0.3 is 18.6 Å². The molecule has 5 nitrogen and oxygen atoms in total. The molecule has 3 aromatic rings. The van der Waals surface area contributed by atoms with Crippen LogP contribution in [0.3, 0.4) is 0 Å². The van der Waals surface area contributed by atoms with E-state index in [1.807, 2.05) is 6.07 Å². The van der Waals surface area contributed by atoms with Gasteiger partial charge in [-0.05, 0) is 35.9 Å². The van der Waals surface area contributed by atoms with Gasteiger partial charge in [0.2, 0.25) is 0 Å². The fraction of sp³-hybridized carbons (Fsp3) is 0.167. The molecular formula is C18H15BrO5. The molecule has 0 unspecified atom stereocenters. The fourth-order valence-corrected chi connectivity index (χ4v) is 2.98. The maximum Gasteiger partial charge on any atom is 0.344 e. The monoisotopic (exact) mass is 390 g/mol. The van der Waals surface area contributed by atoms with Crippen molar-refractivity contribution in [2.24, 2.45) is 0 Å². The maximum absolute atomic E-state index is 12.4. The van der Waals surface area contributed by atoms with Gasteiger partial charge >= 0.3 is 5.63 Å². The second-order valence-electron chi connectivity index (χ2n) is 5.04. The lowest BCUT2D eigenvalue weighted by Crippen LogP contribution is -2.04. The van der Waals surface area contributed by atoms with E-state index in [1.165, 1.54) is 7.11 Å². The Balaban J connectivity index is 2.24. The molecule has 0 amide bonds. The van der Waals surface area contributed by atoms with Crippen LogP contribution in [0.5, 0.6) is 17.2 Å². The van der Waals surface area contributed by atoms with Gasteiger partial charge in [-0.2, -0.15) is 0 Å². The number of hydrogen-bond donors (Lipinski definition) is 0. The van der Waals surface area contributed by atoms with E-state index >= 15 is 0 Å². The molecule has 0 fully saturated rings. The van der Waals surface area contributed by atoms with E-state index in [0.29, 0.717) is 34.0 Å². The van der Waals surface area contributed by atoms with Gasteiger partial charge in [0.25, 0.3) is 0 Å². The van der Waals surface area contributed by atoms with Crippen LogP contribution in [0.1, 0.15) is 0 Å². The predicted molar refractivity (Wildman–Crippen MR) is 95.3 cm³/mol. The van der Waals surface area contributed by atoms with Crippen molar-refractivity contribution in [3.05, 3.63) is 51.3 Å². The lowest BCUT2D eigenvalue weighted by molar-refractivity contribution is 0.355. The average Bonchev–Trinajstić information content (AvgIpc) is 2.60. The minimum Gasteiger partial charge on any atom is -0.493 e. The molecule has 1 heterocycles. The third kappa shape index (κ3) is 2.85. The lowest BCUT2D eigenvalue weighted by Gasteiger charge is -2.10. The summed E-state index contributed by atoms with van der Waals surface area (Å²) in [6, 6.07) is 10.7. The molecule has 3 rings (SSSR count). The lowest BCUT2D eigenvalue weighted by atomic mass is 10.1. The van der Waals surface area contributed by atoms with Crippen molar-refractivity contribution in [3.63, 3.8) is 0 Å². The molecule has 1 aromatic heterocycles. The topological polar surface area (TPSA) is 57.9 Å². The maximum atomic E-state index is 12.4. The second-order valence-corrected chi connectivity index (χ2v) is 5.96. The Morgan fingerprint density at radius 2 is 1.58 bits per heavy atom. The van der Waals surface area contributed by atoms with Crippen molar-refractivity contribution >= 4 is 26.9 Å². The Morgan fingerprint density at radius 1 is 0.875 bits per heavy atom. The van der Waals surface area contributed by atoms with E-state index in [1.54, 1.807) is 44.6 Å². The van der Waals surface area contributed by atoms with Crippen LogP contribution in [0.4, 0.5) is 0 Å². The van der Waals surface area contributed by atoms with E-state index in [-0.39, 0.29) is 0 Å². The van der Waals surface area contributed by atoms with Crippen LogP contribution in [-0.4, -0.2) is 21.3 Å². The summed E-state index contributed by atoms with van der Waals surface area (Å²) in [6.07, 6.45) is 0. The summed E-state index contributed by atoms with van der Waals surface area (Å²) in [5.74, 6) is 1.63. The van der Waals surface area contributed by atoms with Crippen LogP contribution in [-0.2, 0) is 0 Å². The van der Waals surface area contributed by atoms with Gasteiger partial charge in [0.05, 0.1) is 26.9 Å². The highest BCUT2D eigenvalue weighted by atomic mass is 79.9. The van der Waals surface area contributed by atoms with Crippen LogP contribution in [0, 0.1) is 0 Å². The van der Waals surface area contributed by atoms with E-state index in [4.69, 9.17) is 18.6 Å². The first-order chi connectivity index (χ1) is 11.6. The van der Waals surface area contributed by atoms with Crippen molar-refractivity contribution in [2.45, 2.75) is 0 Å². The molecule has 0 atom stereocenters. The average molecular weight is 391 g/mol. The van der Waals surface area contributed by atoms with E-state index in [2.05, 4.69) is 15.9 Å². The Labute approximate surface area is 146 Å². The van der Waals surface area contributed by atoms with E-state index in [9.17, 15) is 4.79 Å². The van der Waals surface area contributed by atoms with Crippen molar-refractivity contribution < 1.29 is 18.6 Å². The van der Waals surface area contributed by atoms with Gasteiger partial charge in [-0.15, -0.1) is 0 Å². The summed E-state index contributed by atoms with van der Waals surface area (Å²) in [5.41, 5.74) is 1.08. The molecule has 0 aliphatic carbocycles. The van der Waals surface area contributed by atoms with Gasteiger partial charge in [-0.3, -0.25) is 0 Å². The smallest absolute Gasteiger partial charge is 0.344 e. The van der Waals surface area contributed by atoms with Gasteiger partial charge in [0.1, 0.15) is 0 Å². The van der Waals surface area contributed by atoms with Crippen LogP contribution in [0.2, 0.25) is 0 Å². The van der Waals surface area contributed by atoms with Crippen molar-refractivity contribution in [3.8, 4) is 28.4 Å². The van der Waals surface area contributed by atoms with Crippen LogP contribution in [0.25, 0.3) is 22.1 Å². The van der Waals surface area contributed by atoms with Gasteiger partial charge in [0.15, 0.2) is 22.8 Å². The SMILES string of the molecule is COc1ccc(-c2cc3cc(Br)cc(OC)c3oc2=O)cc1OC. The fourth-order valence-electron chi connectivity index (χ4n) is 2.52. The molecule has 2 aromatic carbocycles.